The molecule has 1 rings (SSSR count). The third-order valence-corrected chi connectivity index (χ3v) is 2.39. The predicted octanol–water partition coefficient (Wildman–Crippen LogP) is 1.34. The maximum atomic E-state index is 5.37. The normalized spacial score (nSPS) is 22.1. The highest BCUT2D eigenvalue weighted by atomic mass is 16.5. The van der Waals surface area contributed by atoms with Crippen molar-refractivity contribution in [3.05, 3.63) is 0 Å². The fraction of sp³-hybridized carbons (Fsp3) is 1.00. The molecular weight excluding hydrogens is 176 g/mol. The van der Waals surface area contributed by atoms with Gasteiger partial charge in [0.25, 0.3) is 0 Å². The Morgan fingerprint density at radius 3 is 2.50 bits per heavy atom. The molecule has 14 heavy (non-hydrogen) atoms. The molecule has 1 aliphatic heterocycles. The first-order valence-corrected chi connectivity index (χ1v) is 5.71. The molecule has 1 unspecified atom stereocenters. The van der Waals surface area contributed by atoms with Crippen molar-refractivity contribution in [3.8, 4) is 0 Å². The van der Waals surface area contributed by atoms with Crippen molar-refractivity contribution in [2.75, 3.05) is 33.4 Å². The third kappa shape index (κ3) is 5.58. The van der Waals surface area contributed by atoms with Gasteiger partial charge in [-0.15, -0.1) is 0 Å². The Bertz CT molecular complexity index is 122. The first-order valence-electron chi connectivity index (χ1n) is 5.71. The minimum absolute atomic E-state index is 0.520. The van der Waals surface area contributed by atoms with Gasteiger partial charge in [-0.05, 0) is 20.9 Å². The molecule has 86 valence electrons. The Labute approximate surface area is 88.8 Å². The van der Waals surface area contributed by atoms with Gasteiger partial charge in [-0.1, -0.05) is 13.8 Å². The van der Waals surface area contributed by atoms with Gasteiger partial charge in [0.1, 0.15) is 0 Å². The van der Waals surface area contributed by atoms with Crippen LogP contribution in [0.3, 0.4) is 0 Å². The zero-order valence-electron chi connectivity index (χ0n) is 10.3. The van der Waals surface area contributed by atoms with Crippen LogP contribution in [0, 0.1) is 0 Å². The fourth-order valence-electron chi connectivity index (χ4n) is 1.30. The second kappa shape index (κ2) is 8.21. The predicted molar refractivity (Wildman–Crippen MR) is 61.7 cm³/mol. The monoisotopic (exact) mass is 202 g/mol. The second-order valence-corrected chi connectivity index (χ2v) is 3.76. The van der Waals surface area contributed by atoms with E-state index in [0.717, 1.165) is 26.3 Å². The van der Waals surface area contributed by atoms with E-state index in [2.05, 4.69) is 31.1 Å². The van der Waals surface area contributed by atoms with Crippen molar-refractivity contribution in [2.24, 2.45) is 0 Å². The van der Waals surface area contributed by atoms with Gasteiger partial charge in [0, 0.05) is 25.2 Å². The summed E-state index contributed by atoms with van der Waals surface area (Å²) in [5.41, 5.74) is 0. The number of hydrogen-bond donors (Lipinski definition) is 1. The molecular formula is C11H26N2O. The van der Waals surface area contributed by atoms with E-state index >= 15 is 0 Å². The Kier molecular flexibility index (Phi) is 8.14. The summed E-state index contributed by atoms with van der Waals surface area (Å²) in [5, 5.41) is 3.44. The molecule has 0 bridgehead atoms. The Morgan fingerprint density at radius 2 is 2.07 bits per heavy atom. The standard InChI is InChI=1S/C9H20N2O.C2H6/c1-8(2)11(3)6-9-7-12-5-4-10-9;1-2/h8-10H,4-7H2,1-3H3;1-2H3. The Morgan fingerprint density at radius 1 is 1.43 bits per heavy atom. The molecule has 0 spiro atoms. The number of nitrogens with one attached hydrogen (secondary N) is 1. The van der Waals surface area contributed by atoms with Gasteiger partial charge in [0.2, 0.25) is 0 Å². The first kappa shape index (κ1) is 13.9. The van der Waals surface area contributed by atoms with E-state index in [9.17, 15) is 0 Å². The summed E-state index contributed by atoms with van der Waals surface area (Å²) < 4.78 is 5.37. The van der Waals surface area contributed by atoms with E-state index in [-0.39, 0.29) is 0 Å². The van der Waals surface area contributed by atoms with Crippen LogP contribution in [0.25, 0.3) is 0 Å². The molecule has 3 heteroatoms. The molecule has 1 saturated heterocycles. The number of morpholine rings is 1. The molecule has 0 aliphatic carbocycles. The van der Waals surface area contributed by atoms with Gasteiger partial charge in [0.15, 0.2) is 0 Å². The lowest BCUT2D eigenvalue weighted by Crippen LogP contribution is -2.48. The van der Waals surface area contributed by atoms with Gasteiger partial charge >= 0.3 is 0 Å². The third-order valence-electron chi connectivity index (χ3n) is 2.39. The van der Waals surface area contributed by atoms with Crippen molar-refractivity contribution in [3.63, 3.8) is 0 Å². The lowest BCUT2D eigenvalue weighted by Gasteiger charge is -2.30. The maximum Gasteiger partial charge on any atom is 0.0632 e. The minimum Gasteiger partial charge on any atom is -0.378 e. The average molecular weight is 202 g/mol. The van der Waals surface area contributed by atoms with Crippen LogP contribution in [-0.4, -0.2) is 50.3 Å². The van der Waals surface area contributed by atoms with Crippen LogP contribution >= 0.6 is 0 Å². The summed E-state index contributed by atoms with van der Waals surface area (Å²) in [6, 6.07) is 1.14. The summed E-state index contributed by atoms with van der Waals surface area (Å²) >= 11 is 0. The average Bonchev–Trinajstić information content (AvgIpc) is 2.22. The molecule has 0 saturated carbocycles. The van der Waals surface area contributed by atoms with E-state index in [0.29, 0.717) is 12.1 Å². The van der Waals surface area contributed by atoms with Crippen LogP contribution in [0.1, 0.15) is 27.7 Å². The fourth-order valence-corrected chi connectivity index (χ4v) is 1.30. The Hall–Kier alpha value is -0.120. The smallest absolute Gasteiger partial charge is 0.0632 e. The number of rotatable bonds is 3. The van der Waals surface area contributed by atoms with Gasteiger partial charge in [0.05, 0.1) is 13.2 Å². The Balaban J connectivity index is 0.000000791. The number of ether oxygens (including phenoxy) is 1. The molecule has 0 aromatic heterocycles. The molecule has 1 N–H and O–H groups in total. The molecule has 1 atom stereocenters. The summed E-state index contributed by atoms with van der Waals surface area (Å²) in [5.74, 6) is 0. The second-order valence-electron chi connectivity index (χ2n) is 3.76. The molecule has 3 nitrogen and oxygen atoms in total. The summed E-state index contributed by atoms with van der Waals surface area (Å²) in [7, 11) is 2.15. The quantitative estimate of drug-likeness (QED) is 0.747. The maximum absolute atomic E-state index is 5.37. The number of nitrogens with zero attached hydrogens (tertiary/aromatic N) is 1. The van der Waals surface area contributed by atoms with Crippen LogP contribution in [0.4, 0.5) is 0 Å². The summed E-state index contributed by atoms with van der Waals surface area (Å²) in [6.45, 7) is 12.2. The molecule has 0 radical (unpaired) electrons. The lowest BCUT2D eigenvalue weighted by molar-refractivity contribution is 0.0617. The van der Waals surface area contributed by atoms with Gasteiger partial charge < -0.3 is 15.0 Å². The zero-order chi connectivity index (χ0) is 11.0. The highest BCUT2D eigenvalue weighted by molar-refractivity contribution is 4.74. The SMILES string of the molecule is CC.CC(C)N(C)CC1COCCN1. The van der Waals surface area contributed by atoms with E-state index < -0.39 is 0 Å². The van der Waals surface area contributed by atoms with Crippen LogP contribution in [-0.2, 0) is 4.74 Å². The van der Waals surface area contributed by atoms with Gasteiger partial charge in [-0.3, -0.25) is 0 Å². The van der Waals surface area contributed by atoms with E-state index in [1.54, 1.807) is 0 Å². The zero-order valence-corrected chi connectivity index (χ0v) is 10.3. The molecule has 1 aliphatic rings. The van der Waals surface area contributed by atoms with E-state index in [4.69, 9.17) is 4.74 Å². The molecule has 0 aromatic rings. The first-order chi connectivity index (χ1) is 6.70. The molecule has 1 fully saturated rings. The highest BCUT2D eigenvalue weighted by Crippen LogP contribution is 1.99. The highest BCUT2D eigenvalue weighted by Gasteiger charge is 2.15. The van der Waals surface area contributed by atoms with Crippen LogP contribution in [0.2, 0.25) is 0 Å². The summed E-state index contributed by atoms with van der Waals surface area (Å²) in [4.78, 5) is 2.34. The van der Waals surface area contributed by atoms with Crippen LogP contribution in [0.15, 0.2) is 0 Å². The van der Waals surface area contributed by atoms with Crippen molar-refractivity contribution in [1.82, 2.24) is 10.2 Å². The van der Waals surface area contributed by atoms with E-state index in [1.165, 1.54) is 0 Å². The molecule has 1 heterocycles. The van der Waals surface area contributed by atoms with Gasteiger partial charge in [-0.2, -0.15) is 0 Å². The molecule has 0 aromatic carbocycles. The summed E-state index contributed by atoms with van der Waals surface area (Å²) in [6.07, 6.45) is 0. The van der Waals surface area contributed by atoms with E-state index in [1.807, 2.05) is 13.8 Å². The van der Waals surface area contributed by atoms with Crippen molar-refractivity contribution < 1.29 is 4.74 Å². The van der Waals surface area contributed by atoms with Crippen LogP contribution in [0.5, 0.6) is 0 Å². The van der Waals surface area contributed by atoms with Crippen LogP contribution < -0.4 is 5.32 Å². The topological polar surface area (TPSA) is 24.5 Å². The number of hydrogen-bond acceptors (Lipinski definition) is 3. The van der Waals surface area contributed by atoms with Gasteiger partial charge in [-0.25, -0.2) is 0 Å². The molecule has 0 amide bonds. The number of likely N-dealkylation sites (N-methyl/N-ethyl adjacent to an activating group) is 1. The van der Waals surface area contributed by atoms with Crippen molar-refractivity contribution in [2.45, 2.75) is 39.8 Å². The van der Waals surface area contributed by atoms with Crippen molar-refractivity contribution >= 4 is 0 Å². The minimum atomic E-state index is 0.520. The lowest BCUT2D eigenvalue weighted by atomic mass is 10.2. The van der Waals surface area contributed by atoms with Crippen molar-refractivity contribution in [1.29, 1.82) is 0 Å². The largest absolute Gasteiger partial charge is 0.378 e.